The summed E-state index contributed by atoms with van der Waals surface area (Å²) in [6.45, 7) is 7.77. The molecule has 0 unspecified atom stereocenters. The Morgan fingerprint density at radius 2 is 1.91 bits per heavy atom. The molecule has 1 N–H and O–H groups in total. The highest BCUT2D eigenvalue weighted by Crippen LogP contribution is 2.24. The number of nitrogens with one attached hydrogen (secondary N) is 1. The van der Waals surface area contributed by atoms with Gasteiger partial charge in [0.1, 0.15) is 11.6 Å². The zero-order valence-corrected chi connectivity index (χ0v) is 13.5. The Kier molecular flexibility index (Phi) is 3.46. The molecule has 23 heavy (non-hydrogen) atoms. The molecule has 0 radical (unpaired) electrons. The van der Waals surface area contributed by atoms with E-state index in [2.05, 4.69) is 61.1 Å². The molecule has 1 aliphatic rings. The van der Waals surface area contributed by atoms with Crippen molar-refractivity contribution in [2.75, 3.05) is 6.54 Å². The van der Waals surface area contributed by atoms with Crippen LogP contribution in [0.15, 0.2) is 30.5 Å². The molecule has 4 rings (SSSR count). The quantitative estimate of drug-likeness (QED) is 0.806. The zero-order chi connectivity index (χ0) is 15.8. The van der Waals surface area contributed by atoms with Crippen molar-refractivity contribution in [1.29, 1.82) is 0 Å². The maximum Gasteiger partial charge on any atom is 0.147 e. The van der Waals surface area contributed by atoms with Gasteiger partial charge in [0.05, 0.1) is 18.4 Å². The second-order valence-electron chi connectivity index (χ2n) is 6.16. The zero-order valence-electron chi connectivity index (χ0n) is 13.5. The van der Waals surface area contributed by atoms with Crippen molar-refractivity contribution in [3.8, 4) is 11.3 Å². The molecule has 0 saturated heterocycles. The number of benzene rings is 1. The second kappa shape index (κ2) is 5.62. The molecular weight excluding hydrogens is 288 g/mol. The molecule has 0 aliphatic carbocycles. The Labute approximate surface area is 135 Å². The van der Waals surface area contributed by atoms with Gasteiger partial charge in [0.15, 0.2) is 0 Å². The van der Waals surface area contributed by atoms with Crippen LogP contribution in [0.25, 0.3) is 11.3 Å². The lowest BCUT2D eigenvalue weighted by Crippen LogP contribution is -2.33. The lowest BCUT2D eigenvalue weighted by atomic mass is 10.1. The summed E-state index contributed by atoms with van der Waals surface area (Å²) in [6.07, 6.45) is 1.93. The molecule has 1 aliphatic heterocycles. The Morgan fingerprint density at radius 3 is 2.74 bits per heavy atom. The Balaban J connectivity index is 1.54. The Morgan fingerprint density at radius 1 is 1.09 bits per heavy atom. The van der Waals surface area contributed by atoms with Crippen molar-refractivity contribution in [2.45, 2.75) is 33.5 Å². The van der Waals surface area contributed by atoms with E-state index in [1.165, 1.54) is 16.7 Å². The predicted molar refractivity (Wildman–Crippen MR) is 87.6 cm³/mol. The maximum atomic E-state index is 4.27. The molecule has 0 fully saturated rings. The molecule has 0 atom stereocenters. The monoisotopic (exact) mass is 308 g/mol. The van der Waals surface area contributed by atoms with Crippen LogP contribution in [0.4, 0.5) is 0 Å². The van der Waals surface area contributed by atoms with Crippen LogP contribution in [0.1, 0.15) is 22.8 Å². The van der Waals surface area contributed by atoms with Gasteiger partial charge in [0, 0.05) is 25.2 Å². The number of hydrogen-bond donors (Lipinski definition) is 1. The fourth-order valence-electron chi connectivity index (χ4n) is 3.13. The fraction of sp³-hybridized carbons (Fsp3) is 0.353. The third-order valence-electron chi connectivity index (χ3n) is 4.47. The molecule has 6 heteroatoms. The molecule has 0 saturated carbocycles. The summed E-state index contributed by atoms with van der Waals surface area (Å²) >= 11 is 0. The van der Waals surface area contributed by atoms with Gasteiger partial charge in [-0.2, -0.15) is 5.10 Å². The minimum Gasteiger partial charge on any atom is -0.313 e. The first-order chi connectivity index (χ1) is 11.2. The van der Waals surface area contributed by atoms with E-state index in [0.717, 1.165) is 43.5 Å². The highest BCUT2D eigenvalue weighted by atomic mass is 15.3. The first-order valence-corrected chi connectivity index (χ1v) is 7.91. The van der Waals surface area contributed by atoms with E-state index in [9.17, 15) is 0 Å². The van der Waals surface area contributed by atoms with Crippen LogP contribution < -0.4 is 0 Å². The molecule has 3 heterocycles. The topological polar surface area (TPSA) is 62.6 Å². The number of aromatic nitrogens is 5. The van der Waals surface area contributed by atoms with Gasteiger partial charge >= 0.3 is 0 Å². The molecule has 6 nitrogen and oxygen atoms in total. The van der Waals surface area contributed by atoms with Crippen molar-refractivity contribution in [3.63, 3.8) is 0 Å². The van der Waals surface area contributed by atoms with Gasteiger partial charge in [-0.15, -0.1) is 10.2 Å². The summed E-state index contributed by atoms with van der Waals surface area (Å²) in [6, 6.07) is 8.54. The van der Waals surface area contributed by atoms with Crippen LogP contribution in [0, 0.1) is 13.8 Å². The lowest BCUT2D eigenvalue weighted by molar-refractivity contribution is 0.208. The minimum atomic E-state index is 0.833. The Hall–Kier alpha value is -2.47. The van der Waals surface area contributed by atoms with Gasteiger partial charge in [-0.05, 0) is 19.4 Å². The molecule has 118 valence electrons. The lowest BCUT2D eigenvalue weighted by Gasteiger charge is -2.27. The fourth-order valence-corrected chi connectivity index (χ4v) is 3.13. The van der Waals surface area contributed by atoms with Crippen LogP contribution in [-0.2, 0) is 19.6 Å². The van der Waals surface area contributed by atoms with Crippen LogP contribution in [0.5, 0.6) is 0 Å². The van der Waals surface area contributed by atoms with Gasteiger partial charge in [0.25, 0.3) is 0 Å². The van der Waals surface area contributed by atoms with Crippen molar-refractivity contribution in [3.05, 3.63) is 53.2 Å². The van der Waals surface area contributed by atoms with Crippen molar-refractivity contribution >= 4 is 0 Å². The Bertz CT molecular complexity index is 814. The summed E-state index contributed by atoms with van der Waals surface area (Å²) in [5.74, 6) is 2.05. The molecule has 0 amide bonds. The first kappa shape index (κ1) is 14.1. The number of aryl methyl sites for hydroxylation is 2. The van der Waals surface area contributed by atoms with Crippen LogP contribution in [0.2, 0.25) is 0 Å². The van der Waals surface area contributed by atoms with E-state index in [1.54, 1.807) is 0 Å². The molecule has 0 bridgehead atoms. The van der Waals surface area contributed by atoms with Gasteiger partial charge in [0.2, 0.25) is 0 Å². The van der Waals surface area contributed by atoms with Crippen LogP contribution in [-0.4, -0.2) is 36.4 Å². The smallest absolute Gasteiger partial charge is 0.147 e. The molecule has 1 aromatic carbocycles. The standard InChI is InChI=1S/C17H20N6/c1-12-3-5-14(6-4-12)17-15(9-18-21-17)10-22-7-8-23-13(2)19-20-16(23)11-22/h3-6,9H,7-8,10-11H2,1-2H3,(H,18,21). The summed E-state index contributed by atoms with van der Waals surface area (Å²) in [5.41, 5.74) is 4.77. The maximum absolute atomic E-state index is 4.27. The van der Waals surface area contributed by atoms with Crippen molar-refractivity contribution in [1.82, 2.24) is 29.9 Å². The largest absolute Gasteiger partial charge is 0.313 e. The number of rotatable bonds is 3. The van der Waals surface area contributed by atoms with E-state index in [0.29, 0.717) is 0 Å². The van der Waals surface area contributed by atoms with Gasteiger partial charge in [-0.3, -0.25) is 10.00 Å². The third-order valence-corrected chi connectivity index (χ3v) is 4.47. The number of hydrogen-bond acceptors (Lipinski definition) is 4. The molecule has 2 aromatic heterocycles. The average molecular weight is 308 g/mol. The normalized spacial score (nSPS) is 14.9. The second-order valence-corrected chi connectivity index (χ2v) is 6.16. The van der Waals surface area contributed by atoms with Gasteiger partial charge < -0.3 is 4.57 Å². The van der Waals surface area contributed by atoms with Crippen molar-refractivity contribution in [2.24, 2.45) is 0 Å². The molecular formula is C17H20N6. The minimum absolute atomic E-state index is 0.833. The van der Waals surface area contributed by atoms with Crippen LogP contribution >= 0.6 is 0 Å². The number of fused-ring (bicyclic) bond motifs is 1. The highest BCUT2D eigenvalue weighted by Gasteiger charge is 2.21. The summed E-state index contributed by atoms with van der Waals surface area (Å²) in [5, 5.41) is 15.8. The van der Waals surface area contributed by atoms with E-state index in [-0.39, 0.29) is 0 Å². The van der Waals surface area contributed by atoms with E-state index in [1.807, 2.05) is 13.1 Å². The summed E-state index contributed by atoms with van der Waals surface area (Å²) in [7, 11) is 0. The molecule has 0 spiro atoms. The number of aromatic amines is 1. The van der Waals surface area contributed by atoms with Crippen molar-refractivity contribution < 1.29 is 0 Å². The number of nitrogens with zero attached hydrogens (tertiary/aromatic N) is 5. The molecule has 3 aromatic rings. The van der Waals surface area contributed by atoms with E-state index >= 15 is 0 Å². The van der Waals surface area contributed by atoms with Gasteiger partial charge in [-0.1, -0.05) is 29.8 Å². The SMILES string of the molecule is Cc1ccc(-c2[nH]ncc2CN2CCn3c(C)nnc3C2)cc1. The highest BCUT2D eigenvalue weighted by molar-refractivity contribution is 5.62. The van der Waals surface area contributed by atoms with E-state index in [4.69, 9.17) is 0 Å². The first-order valence-electron chi connectivity index (χ1n) is 7.91. The van der Waals surface area contributed by atoms with E-state index < -0.39 is 0 Å². The third kappa shape index (κ3) is 2.66. The summed E-state index contributed by atoms with van der Waals surface area (Å²) in [4.78, 5) is 2.39. The summed E-state index contributed by atoms with van der Waals surface area (Å²) < 4.78 is 2.20. The predicted octanol–water partition coefficient (Wildman–Crippen LogP) is 2.30. The van der Waals surface area contributed by atoms with Crippen LogP contribution in [0.3, 0.4) is 0 Å². The van der Waals surface area contributed by atoms with Gasteiger partial charge in [-0.25, -0.2) is 0 Å². The number of H-pyrrole nitrogens is 1. The average Bonchev–Trinajstić information content (AvgIpc) is 3.15.